The molecule has 2 N–H and O–H groups in total. The number of aryl methyl sites for hydroxylation is 2. The van der Waals surface area contributed by atoms with E-state index in [0.29, 0.717) is 34.6 Å². The molecule has 1 aliphatic heterocycles. The van der Waals surface area contributed by atoms with Crippen molar-refractivity contribution in [2.75, 3.05) is 31.5 Å². The molecule has 40 heavy (non-hydrogen) atoms. The van der Waals surface area contributed by atoms with Crippen LogP contribution in [0.4, 0.5) is 28.9 Å². The average Bonchev–Trinajstić information content (AvgIpc) is 3.40. The highest BCUT2D eigenvalue weighted by atomic mass is 32.2. The first-order valence-electron chi connectivity index (χ1n) is 12.8. The Kier molecular flexibility index (Phi) is 8.66. The molecule has 1 aliphatic rings. The van der Waals surface area contributed by atoms with E-state index >= 15 is 0 Å². The van der Waals surface area contributed by atoms with Crippen molar-refractivity contribution in [3.05, 3.63) is 71.3 Å². The first kappa shape index (κ1) is 29.7. The molecule has 0 bridgehead atoms. The second kappa shape index (κ2) is 11.7. The minimum absolute atomic E-state index is 0.0287. The van der Waals surface area contributed by atoms with Crippen molar-refractivity contribution in [3.63, 3.8) is 0 Å². The van der Waals surface area contributed by atoms with Gasteiger partial charge in [-0.25, -0.2) is 12.8 Å². The van der Waals surface area contributed by atoms with Gasteiger partial charge in [-0.15, -0.1) is 0 Å². The van der Waals surface area contributed by atoms with E-state index in [0.717, 1.165) is 13.1 Å². The van der Waals surface area contributed by atoms with E-state index in [1.807, 2.05) is 6.92 Å². The van der Waals surface area contributed by atoms with Gasteiger partial charge in [-0.1, -0.05) is 6.92 Å². The topological polar surface area (TPSA) is 94.3 Å². The number of aromatic nitrogens is 2. The number of nitrogens with zero attached hydrogens (tertiary/aromatic N) is 4. The third-order valence-corrected chi connectivity index (χ3v) is 8.99. The fourth-order valence-corrected chi connectivity index (χ4v) is 6.19. The molecule has 1 fully saturated rings. The lowest BCUT2D eigenvalue weighted by Gasteiger charge is -2.42. The van der Waals surface area contributed by atoms with Gasteiger partial charge in [-0.2, -0.15) is 22.6 Å². The zero-order chi connectivity index (χ0) is 29.2. The van der Waals surface area contributed by atoms with E-state index in [-0.39, 0.29) is 31.1 Å². The maximum absolute atomic E-state index is 13.5. The summed E-state index contributed by atoms with van der Waals surface area (Å²) >= 11 is 0. The molecule has 0 amide bonds. The maximum Gasteiger partial charge on any atom is 0.392 e. The van der Waals surface area contributed by atoms with Crippen molar-refractivity contribution < 1.29 is 26.0 Å². The van der Waals surface area contributed by atoms with Gasteiger partial charge in [0.1, 0.15) is 10.7 Å². The van der Waals surface area contributed by atoms with Crippen LogP contribution in [0.15, 0.2) is 53.7 Å². The van der Waals surface area contributed by atoms with Gasteiger partial charge in [0.05, 0.1) is 12.1 Å². The smallest absolute Gasteiger partial charge is 0.355 e. The van der Waals surface area contributed by atoms with Gasteiger partial charge in [0.2, 0.25) is 10.0 Å². The lowest BCUT2D eigenvalue weighted by atomic mass is 9.94. The van der Waals surface area contributed by atoms with Gasteiger partial charge in [0, 0.05) is 68.1 Å². The fraction of sp³-hybridized carbons (Fsp3) is 0.407. The summed E-state index contributed by atoms with van der Waals surface area (Å²) in [5.74, 6) is -2.01. The number of rotatable bonds is 9. The van der Waals surface area contributed by atoms with E-state index in [2.05, 4.69) is 10.4 Å². The molecule has 2 atom stereocenters. The van der Waals surface area contributed by atoms with Gasteiger partial charge < -0.3 is 10.7 Å². The molecule has 3 aromatic rings. The largest absolute Gasteiger partial charge is 0.392 e. The number of hydrogen-bond acceptors (Lipinski definition) is 6. The molecule has 0 saturated carbocycles. The summed E-state index contributed by atoms with van der Waals surface area (Å²) in [4.78, 5) is 1.70. The molecule has 8 nitrogen and oxygen atoms in total. The number of sulfonamides is 1. The van der Waals surface area contributed by atoms with Crippen LogP contribution in [-0.4, -0.2) is 66.0 Å². The Bertz CT molecular complexity index is 1460. The van der Waals surface area contributed by atoms with Gasteiger partial charge in [0.25, 0.3) is 0 Å². The molecule has 1 saturated heterocycles. The number of alkyl halides is 3. The van der Waals surface area contributed by atoms with Crippen LogP contribution in [0.3, 0.4) is 0 Å². The van der Waals surface area contributed by atoms with Crippen molar-refractivity contribution in [3.8, 4) is 0 Å². The first-order valence-corrected chi connectivity index (χ1v) is 14.3. The van der Waals surface area contributed by atoms with Crippen LogP contribution < -0.4 is 5.32 Å². The Labute approximate surface area is 231 Å². The molecule has 0 spiro atoms. The molecule has 0 radical (unpaired) electrons. The number of nitrogens with one attached hydrogen (secondary N) is 2. The highest BCUT2D eigenvalue weighted by molar-refractivity contribution is 7.89. The van der Waals surface area contributed by atoms with Crippen LogP contribution in [0.5, 0.6) is 0 Å². The maximum atomic E-state index is 13.5. The minimum Gasteiger partial charge on any atom is -0.355 e. The molecular weight excluding hydrogens is 548 g/mol. The summed E-state index contributed by atoms with van der Waals surface area (Å²) in [7, 11) is -3.94. The minimum atomic E-state index is -4.40. The number of hydrogen-bond donors (Lipinski definition) is 2. The molecule has 216 valence electrons. The number of piperazine rings is 1. The van der Waals surface area contributed by atoms with Gasteiger partial charge in [-0.05, 0) is 61.4 Å². The molecule has 2 heterocycles. The van der Waals surface area contributed by atoms with Crippen LogP contribution >= 0.6 is 0 Å². The van der Waals surface area contributed by atoms with Crippen LogP contribution in [-0.2, 0) is 16.6 Å². The zero-order valence-electron chi connectivity index (χ0n) is 22.4. The first-order chi connectivity index (χ1) is 18.8. The second-order valence-electron chi connectivity index (χ2n) is 9.92. The normalized spacial score (nSPS) is 18.0. The molecule has 1 aromatic heterocycles. The van der Waals surface area contributed by atoms with Crippen LogP contribution in [0, 0.1) is 24.1 Å². The molecule has 0 aliphatic carbocycles. The van der Waals surface area contributed by atoms with Crippen molar-refractivity contribution >= 4 is 27.6 Å². The second-order valence-corrected chi connectivity index (χ2v) is 11.9. The molecule has 1 unspecified atom stereocenters. The number of anilines is 2. The van der Waals surface area contributed by atoms with E-state index in [1.165, 1.54) is 33.5 Å². The van der Waals surface area contributed by atoms with Gasteiger partial charge in [0.15, 0.2) is 0 Å². The molecule has 13 heteroatoms. The Morgan fingerprint density at radius 2 is 1.90 bits per heavy atom. The summed E-state index contributed by atoms with van der Waals surface area (Å²) < 4.78 is 83.7. The zero-order valence-corrected chi connectivity index (χ0v) is 23.2. The quantitative estimate of drug-likeness (QED) is 0.263. The van der Waals surface area contributed by atoms with Crippen LogP contribution in [0.1, 0.15) is 36.6 Å². The standard InChI is InChI=1S/C27H32F4N6O2S/c1-4-36-16-23(14-33-36)40(38,39)37-10-9-35(15-19(3)27(29,30)31)26(17-37)24-12-20(13-32)25(11-18(24)2)34-22-7-5-21(28)6-8-22/h5-8,11-14,16,19,26,32,34H,4,9-10,15,17H2,1-3H3/t19?,26-/m1/s1. The van der Waals surface area contributed by atoms with E-state index in [9.17, 15) is 26.0 Å². The molecular formula is C27H32F4N6O2S. The lowest BCUT2D eigenvalue weighted by molar-refractivity contribution is -0.176. The van der Waals surface area contributed by atoms with E-state index < -0.39 is 34.0 Å². The Hall–Kier alpha value is -3.29. The predicted octanol–water partition coefficient (Wildman–Crippen LogP) is 5.34. The summed E-state index contributed by atoms with van der Waals surface area (Å²) in [6.45, 7) is 5.00. The summed E-state index contributed by atoms with van der Waals surface area (Å²) in [6.07, 6.45) is -0.564. The predicted molar refractivity (Wildman–Crippen MR) is 145 cm³/mol. The van der Waals surface area contributed by atoms with Crippen molar-refractivity contribution in [1.29, 1.82) is 5.41 Å². The van der Waals surface area contributed by atoms with Gasteiger partial charge >= 0.3 is 6.18 Å². The van der Waals surface area contributed by atoms with Crippen LogP contribution in [0.25, 0.3) is 0 Å². The Balaban J connectivity index is 1.71. The van der Waals surface area contributed by atoms with E-state index in [1.54, 1.807) is 36.1 Å². The highest BCUT2D eigenvalue weighted by Gasteiger charge is 2.41. The number of halogens is 4. The molecule has 4 rings (SSSR count). The molecule has 2 aromatic carbocycles. The lowest BCUT2D eigenvalue weighted by Crippen LogP contribution is -2.52. The summed E-state index contributed by atoms with van der Waals surface area (Å²) in [5, 5.41) is 15.2. The fourth-order valence-electron chi connectivity index (χ4n) is 4.80. The average molecular weight is 581 g/mol. The third-order valence-electron chi connectivity index (χ3n) is 7.17. The van der Waals surface area contributed by atoms with E-state index in [4.69, 9.17) is 5.41 Å². The van der Waals surface area contributed by atoms with Crippen molar-refractivity contribution in [2.24, 2.45) is 5.92 Å². The third kappa shape index (κ3) is 6.37. The summed E-state index contributed by atoms with van der Waals surface area (Å²) in [5.41, 5.74) is 2.95. The highest BCUT2D eigenvalue weighted by Crippen LogP contribution is 2.36. The SMILES string of the molecule is CCn1cc(S(=O)(=O)N2CCN(CC(C)C(F)(F)F)[C@@H](c3cc(C=N)c(Nc4ccc(F)cc4)cc3C)C2)cn1. The Morgan fingerprint density at radius 1 is 1.20 bits per heavy atom. The van der Waals surface area contributed by atoms with Crippen molar-refractivity contribution in [1.82, 2.24) is 19.0 Å². The monoisotopic (exact) mass is 580 g/mol. The van der Waals surface area contributed by atoms with Crippen molar-refractivity contribution in [2.45, 2.75) is 44.4 Å². The number of benzene rings is 2. The Morgan fingerprint density at radius 3 is 2.50 bits per heavy atom. The van der Waals surface area contributed by atoms with Gasteiger partial charge in [-0.3, -0.25) is 9.58 Å². The van der Waals surface area contributed by atoms with Crippen LogP contribution in [0.2, 0.25) is 0 Å². The summed E-state index contributed by atoms with van der Waals surface area (Å²) in [6, 6.07) is 8.49.